The number of benzene rings is 1. The summed E-state index contributed by atoms with van der Waals surface area (Å²) in [4.78, 5) is 2.67. The summed E-state index contributed by atoms with van der Waals surface area (Å²) in [6.45, 7) is 8.46. The van der Waals surface area contributed by atoms with E-state index in [1.807, 2.05) is 0 Å². The van der Waals surface area contributed by atoms with Crippen LogP contribution >= 0.6 is 12.4 Å². The first kappa shape index (κ1) is 14.8. The molecule has 0 radical (unpaired) electrons. The Morgan fingerprint density at radius 3 is 2.79 bits per heavy atom. The van der Waals surface area contributed by atoms with E-state index in [-0.39, 0.29) is 12.4 Å². The van der Waals surface area contributed by atoms with E-state index in [1.165, 1.54) is 45.4 Å². The van der Waals surface area contributed by atoms with E-state index in [2.05, 4.69) is 41.4 Å². The third-order valence-corrected chi connectivity index (χ3v) is 4.50. The molecule has 2 aliphatic rings. The quantitative estimate of drug-likeness (QED) is 0.896. The fourth-order valence-electron chi connectivity index (χ4n) is 3.45. The van der Waals surface area contributed by atoms with Crippen molar-refractivity contribution in [2.24, 2.45) is 5.41 Å². The van der Waals surface area contributed by atoms with Crippen molar-refractivity contribution in [1.82, 2.24) is 10.2 Å². The first-order valence-electron chi connectivity index (χ1n) is 7.25. The Morgan fingerprint density at radius 2 is 2.05 bits per heavy atom. The van der Waals surface area contributed by atoms with Crippen LogP contribution in [0.4, 0.5) is 0 Å². The molecule has 2 aliphatic heterocycles. The lowest BCUT2D eigenvalue weighted by molar-refractivity contribution is 0.173. The van der Waals surface area contributed by atoms with Gasteiger partial charge >= 0.3 is 0 Å². The molecule has 1 atom stereocenters. The van der Waals surface area contributed by atoms with Gasteiger partial charge in [0.1, 0.15) is 0 Å². The van der Waals surface area contributed by atoms with Crippen molar-refractivity contribution in [1.29, 1.82) is 0 Å². The van der Waals surface area contributed by atoms with Crippen molar-refractivity contribution in [3.63, 3.8) is 0 Å². The lowest BCUT2D eigenvalue weighted by Gasteiger charge is -2.31. The van der Waals surface area contributed by atoms with E-state index >= 15 is 0 Å². The Bertz CT molecular complexity index is 413. The van der Waals surface area contributed by atoms with Crippen LogP contribution in [0.3, 0.4) is 0 Å². The molecule has 1 aromatic rings. The minimum atomic E-state index is 0. The minimum absolute atomic E-state index is 0. The van der Waals surface area contributed by atoms with Gasteiger partial charge in [-0.1, -0.05) is 31.2 Å². The SMILES string of the molecule is CC1(CN2CCCc3ccccc3C2)CCNC1.Cl. The first-order valence-corrected chi connectivity index (χ1v) is 7.25. The van der Waals surface area contributed by atoms with E-state index in [1.54, 1.807) is 11.1 Å². The highest BCUT2D eigenvalue weighted by Gasteiger charge is 2.31. The molecule has 1 fully saturated rings. The van der Waals surface area contributed by atoms with Gasteiger partial charge in [-0.25, -0.2) is 0 Å². The summed E-state index contributed by atoms with van der Waals surface area (Å²) in [6.07, 6.45) is 3.88. The van der Waals surface area contributed by atoms with Crippen molar-refractivity contribution in [2.75, 3.05) is 26.2 Å². The fraction of sp³-hybridized carbons (Fsp3) is 0.625. The molecule has 106 valence electrons. The van der Waals surface area contributed by atoms with Crippen LogP contribution in [0.5, 0.6) is 0 Å². The second-order valence-electron chi connectivity index (χ2n) is 6.32. The maximum absolute atomic E-state index is 3.51. The van der Waals surface area contributed by atoms with Gasteiger partial charge in [-0.3, -0.25) is 4.90 Å². The van der Waals surface area contributed by atoms with Crippen molar-refractivity contribution >= 4 is 12.4 Å². The molecule has 2 nitrogen and oxygen atoms in total. The summed E-state index contributed by atoms with van der Waals surface area (Å²) in [6, 6.07) is 8.97. The second kappa shape index (κ2) is 6.25. The molecule has 0 amide bonds. The van der Waals surface area contributed by atoms with E-state index in [4.69, 9.17) is 0 Å². The molecule has 0 aliphatic carbocycles. The van der Waals surface area contributed by atoms with Crippen LogP contribution in [0.1, 0.15) is 30.9 Å². The van der Waals surface area contributed by atoms with Crippen LogP contribution in [0, 0.1) is 5.41 Å². The van der Waals surface area contributed by atoms with Gasteiger partial charge in [0.25, 0.3) is 0 Å². The number of hydrogen-bond acceptors (Lipinski definition) is 2. The largest absolute Gasteiger partial charge is 0.316 e. The Morgan fingerprint density at radius 1 is 1.26 bits per heavy atom. The molecule has 0 spiro atoms. The van der Waals surface area contributed by atoms with Gasteiger partial charge in [0.05, 0.1) is 0 Å². The number of hydrogen-bond donors (Lipinski definition) is 1. The Balaban J connectivity index is 0.00000133. The molecular weight excluding hydrogens is 256 g/mol. The highest BCUT2D eigenvalue weighted by molar-refractivity contribution is 5.85. The third-order valence-electron chi connectivity index (χ3n) is 4.50. The van der Waals surface area contributed by atoms with Crippen LogP contribution in [0.25, 0.3) is 0 Å². The lowest BCUT2D eigenvalue weighted by Crippen LogP contribution is -2.37. The van der Waals surface area contributed by atoms with Crippen molar-refractivity contribution < 1.29 is 0 Å². The van der Waals surface area contributed by atoms with Crippen molar-refractivity contribution in [3.8, 4) is 0 Å². The van der Waals surface area contributed by atoms with Gasteiger partial charge in [0.15, 0.2) is 0 Å². The maximum Gasteiger partial charge on any atom is 0.0236 e. The Labute approximate surface area is 123 Å². The Kier molecular flexibility index (Phi) is 4.88. The average Bonchev–Trinajstić information content (AvgIpc) is 2.68. The third kappa shape index (κ3) is 3.50. The van der Waals surface area contributed by atoms with E-state index in [9.17, 15) is 0 Å². The van der Waals surface area contributed by atoms with Gasteiger partial charge in [0, 0.05) is 19.6 Å². The smallest absolute Gasteiger partial charge is 0.0236 e. The summed E-state index contributed by atoms with van der Waals surface area (Å²) >= 11 is 0. The zero-order chi connectivity index (χ0) is 12.4. The molecule has 2 heterocycles. The topological polar surface area (TPSA) is 15.3 Å². The van der Waals surface area contributed by atoms with Gasteiger partial charge in [-0.15, -0.1) is 12.4 Å². The first-order chi connectivity index (χ1) is 8.75. The van der Waals surface area contributed by atoms with Gasteiger partial charge < -0.3 is 5.32 Å². The summed E-state index contributed by atoms with van der Waals surface area (Å²) in [5.41, 5.74) is 3.60. The van der Waals surface area contributed by atoms with Crippen LogP contribution in [0.2, 0.25) is 0 Å². The standard InChI is InChI=1S/C16H24N2.ClH/c1-16(8-9-17-12-16)13-18-10-4-7-14-5-2-3-6-15(14)11-18;/h2-3,5-6,17H,4,7-13H2,1H3;1H. The van der Waals surface area contributed by atoms with E-state index in [0.717, 1.165) is 6.54 Å². The predicted octanol–water partition coefficient (Wildman–Crippen LogP) is 2.86. The summed E-state index contributed by atoms with van der Waals surface area (Å²) < 4.78 is 0. The molecule has 3 heteroatoms. The van der Waals surface area contributed by atoms with E-state index in [0.29, 0.717) is 5.41 Å². The molecule has 0 saturated carbocycles. The fourth-order valence-corrected chi connectivity index (χ4v) is 3.45. The van der Waals surface area contributed by atoms with Crippen molar-refractivity contribution in [3.05, 3.63) is 35.4 Å². The highest BCUT2D eigenvalue weighted by Crippen LogP contribution is 2.28. The summed E-state index contributed by atoms with van der Waals surface area (Å²) in [5, 5.41) is 3.51. The molecule has 0 bridgehead atoms. The van der Waals surface area contributed by atoms with E-state index < -0.39 is 0 Å². The molecular formula is C16H25ClN2. The maximum atomic E-state index is 3.51. The number of rotatable bonds is 2. The minimum Gasteiger partial charge on any atom is -0.316 e. The van der Waals surface area contributed by atoms with Gasteiger partial charge in [-0.2, -0.15) is 0 Å². The normalized spacial score (nSPS) is 27.4. The molecule has 1 unspecified atom stereocenters. The predicted molar refractivity (Wildman–Crippen MR) is 82.9 cm³/mol. The molecule has 1 N–H and O–H groups in total. The van der Waals surface area contributed by atoms with Crippen LogP contribution in [-0.4, -0.2) is 31.1 Å². The molecule has 1 saturated heterocycles. The van der Waals surface area contributed by atoms with Crippen LogP contribution < -0.4 is 5.32 Å². The number of nitrogens with one attached hydrogen (secondary N) is 1. The molecule has 19 heavy (non-hydrogen) atoms. The number of halogens is 1. The second-order valence-corrected chi connectivity index (χ2v) is 6.32. The lowest BCUT2D eigenvalue weighted by atomic mass is 9.89. The highest BCUT2D eigenvalue weighted by atomic mass is 35.5. The average molecular weight is 281 g/mol. The van der Waals surface area contributed by atoms with Gasteiger partial charge in [-0.05, 0) is 48.9 Å². The summed E-state index contributed by atoms with van der Waals surface area (Å²) in [5.74, 6) is 0. The monoisotopic (exact) mass is 280 g/mol. The van der Waals surface area contributed by atoms with Crippen LogP contribution in [0.15, 0.2) is 24.3 Å². The van der Waals surface area contributed by atoms with Crippen LogP contribution in [-0.2, 0) is 13.0 Å². The molecule has 1 aromatic carbocycles. The zero-order valence-corrected chi connectivity index (χ0v) is 12.6. The number of aryl methyl sites for hydroxylation is 1. The zero-order valence-electron chi connectivity index (χ0n) is 11.8. The van der Waals surface area contributed by atoms with Gasteiger partial charge in [0.2, 0.25) is 0 Å². The summed E-state index contributed by atoms with van der Waals surface area (Å²) in [7, 11) is 0. The number of fused-ring (bicyclic) bond motifs is 1. The Hall–Kier alpha value is -0.570. The number of nitrogens with zero attached hydrogens (tertiary/aromatic N) is 1. The molecule has 3 rings (SSSR count). The van der Waals surface area contributed by atoms with Crippen molar-refractivity contribution in [2.45, 2.75) is 32.7 Å². The molecule has 0 aromatic heterocycles.